The van der Waals surface area contributed by atoms with E-state index in [4.69, 9.17) is 4.74 Å². The summed E-state index contributed by atoms with van der Waals surface area (Å²) in [7, 11) is 1.28. The largest absolute Gasteiger partial charge is 0.497 e. The number of hydrogen-bond acceptors (Lipinski definition) is 1. The van der Waals surface area contributed by atoms with Crippen LogP contribution in [0.5, 0.6) is 5.75 Å². The Hall–Kier alpha value is -0.850. The molecular formula is C9H6BrF5O. The van der Waals surface area contributed by atoms with Crippen molar-refractivity contribution in [3.05, 3.63) is 28.2 Å². The van der Waals surface area contributed by atoms with E-state index in [1.807, 2.05) is 0 Å². The molecule has 0 saturated heterocycles. The van der Waals surface area contributed by atoms with Crippen molar-refractivity contribution >= 4 is 15.9 Å². The van der Waals surface area contributed by atoms with Crippen LogP contribution >= 0.6 is 15.9 Å². The van der Waals surface area contributed by atoms with Crippen molar-refractivity contribution in [3.8, 4) is 5.75 Å². The van der Waals surface area contributed by atoms with E-state index < -0.39 is 17.7 Å². The highest BCUT2D eigenvalue weighted by Gasteiger charge is 2.59. The molecule has 0 atom stereocenters. The SMILES string of the molecule is COc1ccc(C(F)(F)C(F)(F)F)c(Br)c1. The smallest absolute Gasteiger partial charge is 0.458 e. The van der Waals surface area contributed by atoms with Gasteiger partial charge in [-0.15, -0.1) is 0 Å². The second kappa shape index (κ2) is 4.20. The van der Waals surface area contributed by atoms with E-state index in [0.29, 0.717) is 6.07 Å². The molecule has 16 heavy (non-hydrogen) atoms. The lowest BCUT2D eigenvalue weighted by atomic mass is 10.1. The Kier molecular flexibility index (Phi) is 3.47. The highest BCUT2D eigenvalue weighted by Crippen LogP contribution is 2.46. The monoisotopic (exact) mass is 304 g/mol. The molecule has 0 aliphatic carbocycles. The average molecular weight is 305 g/mol. The lowest BCUT2D eigenvalue weighted by Crippen LogP contribution is -2.33. The fourth-order valence-corrected chi connectivity index (χ4v) is 1.64. The van der Waals surface area contributed by atoms with Crippen LogP contribution in [0, 0.1) is 0 Å². The predicted octanol–water partition coefficient (Wildman–Crippen LogP) is 4.11. The van der Waals surface area contributed by atoms with Gasteiger partial charge in [-0.05, 0) is 18.2 Å². The molecule has 0 aliphatic rings. The third-order valence-electron chi connectivity index (χ3n) is 1.87. The molecule has 1 aromatic rings. The van der Waals surface area contributed by atoms with Crippen LogP contribution in [0.3, 0.4) is 0 Å². The minimum atomic E-state index is -5.62. The summed E-state index contributed by atoms with van der Waals surface area (Å²) in [6.45, 7) is 0. The van der Waals surface area contributed by atoms with E-state index in [2.05, 4.69) is 15.9 Å². The molecule has 0 aromatic heterocycles. The maximum absolute atomic E-state index is 13.0. The summed E-state index contributed by atoms with van der Waals surface area (Å²) in [6, 6.07) is 2.77. The van der Waals surface area contributed by atoms with Crippen LogP contribution in [-0.4, -0.2) is 13.3 Å². The molecule has 1 nitrogen and oxygen atoms in total. The number of alkyl halides is 5. The van der Waals surface area contributed by atoms with Crippen molar-refractivity contribution in [1.29, 1.82) is 0 Å². The van der Waals surface area contributed by atoms with Crippen molar-refractivity contribution in [2.75, 3.05) is 7.11 Å². The lowest BCUT2D eigenvalue weighted by Gasteiger charge is -2.21. The van der Waals surface area contributed by atoms with E-state index >= 15 is 0 Å². The molecule has 0 saturated carbocycles. The number of halogens is 6. The molecule has 1 rings (SSSR count). The summed E-state index contributed by atoms with van der Waals surface area (Å²) in [5, 5.41) is 0. The van der Waals surface area contributed by atoms with Crippen molar-refractivity contribution in [1.82, 2.24) is 0 Å². The van der Waals surface area contributed by atoms with E-state index in [1.165, 1.54) is 7.11 Å². The van der Waals surface area contributed by atoms with Gasteiger partial charge in [0.2, 0.25) is 0 Å². The van der Waals surface area contributed by atoms with Gasteiger partial charge >= 0.3 is 12.1 Å². The highest BCUT2D eigenvalue weighted by atomic mass is 79.9. The van der Waals surface area contributed by atoms with Gasteiger partial charge < -0.3 is 4.74 Å². The lowest BCUT2D eigenvalue weighted by molar-refractivity contribution is -0.289. The van der Waals surface area contributed by atoms with Crippen LogP contribution < -0.4 is 4.74 Å². The Bertz CT molecular complexity index is 388. The van der Waals surface area contributed by atoms with E-state index in [9.17, 15) is 22.0 Å². The van der Waals surface area contributed by atoms with Crippen LogP contribution in [-0.2, 0) is 5.92 Å². The molecule has 0 bridgehead atoms. The van der Waals surface area contributed by atoms with E-state index in [1.54, 1.807) is 0 Å². The van der Waals surface area contributed by atoms with Crippen molar-refractivity contribution in [3.63, 3.8) is 0 Å². The average Bonchev–Trinajstić information content (AvgIpc) is 2.15. The maximum Gasteiger partial charge on any atom is 0.458 e. The molecule has 7 heteroatoms. The first kappa shape index (κ1) is 13.2. The van der Waals surface area contributed by atoms with Gasteiger partial charge in [0.25, 0.3) is 0 Å². The maximum atomic E-state index is 13.0. The Morgan fingerprint density at radius 2 is 1.69 bits per heavy atom. The number of hydrogen-bond donors (Lipinski definition) is 0. The van der Waals surface area contributed by atoms with Gasteiger partial charge in [0.05, 0.1) is 7.11 Å². The first-order chi connectivity index (χ1) is 7.20. The molecule has 0 amide bonds. The number of ether oxygens (including phenoxy) is 1. The standard InChI is InChI=1S/C9H6BrF5O/c1-16-5-2-3-6(7(10)4-5)8(11,12)9(13,14)15/h2-4H,1H3. The van der Waals surface area contributed by atoms with Crippen LogP contribution in [0.2, 0.25) is 0 Å². The summed E-state index contributed by atoms with van der Waals surface area (Å²) in [6.07, 6.45) is -5.62. The van der Waals surface area contributed by atoms with Crippen LogP contribution in [0.1, 0.15) is 5.56 Å². The molecule has 0 heterocycles. The van der Waals surface area contributed by atoms with Crippen LogP contribution in [0.4, 0.5) is 22.0 Å². The molecule has 90 valence electrons. The fourth-order valence-electron chi connectivity index (χ4n) is 1.03. The van der Waals surface area contributed by atoms with Gasteiger partial charge in [0.1, 0.15) is 5.75 Å². The van der Waals surface area contributed by atoms with Gasteiger partial charge in [-0.25, -0.2) is 0 Å². The molecule has 1 aromatic carbocycles. The predicted molar refractivity (Wildman–Crippen MR) is 50.6 cm³/mol. The summed E-state index contributed by atoms with van der Waals surface area (Å²) >= 11 is 2.66. The number of benzene rings is 1. The Labute approximate surface area is 96.3 Å². The Morgan fingerprint density at radius 1 is 1.12 bits per heavy atom. The van der Waals surface area contributed by atoms with Gasteiger partial charge in [-0.1, -0.05) is 15.9 Å². The van der Waals surface area contributed by atoms with Gasteiger partial charge in [0.15, 0.2) is 0 Å². The summed E-state index contributed by atoms with van der Waals surface area (Å²) < 4.78 is 66.5. The van der Waals surface area contributed by atoms with Crippen LogP contribution in [0.25, 0.3) is 0 Å². The second-order valence-electron chi connectivity index (χ2n) is 2.92. The molecule has 0 N–H and O–H groups in total. The Balaban J connectivity index is 3.24. The van der Waals surface area contributed by atoms with Gasteiger partial charge in [-0.2, -0.15) is 22.0 Å². The minimum absolute atomic E-state index is 0.189. The third kappa shape index (κ3) is 2.28. The topological polar surface area (TPSA) is 9.23 Å². The first-order valence-electron chi connectivity index (χ1n) is 3.98. The van der Waals surface area contributed by atoms with Crippen molar-refractivity contribution in [2.45, 2.75) is 12.1 Å². The second-order valence-corrected chi connectivity index (χ2v) is 3.77. The van der Waals surface area contributed by atoms with Gasteiger partial charge in [0, 0.05) is 10.0 Å². The van der Waals surface area contributed by atoms with Crippen molar-refractivity contribution < 1.29 is 26.7 Å². The number of methoxy groups -OCH3 is 1. The number of rotatable bonds is 2. The van der Waals surface area contributed by atoms with Gasteiger partial charge in [-0.3, -0.25) is 0 Å². The zero-order chi connectivity index (χ0) is 12.6. The first-order valence-corrected chi connectivity index (χ1v) is 4.78. The molecular weight excluding hydrogens is 299 g/mol. The molecule has 0 aliphatic heterocycles. The molecule has 0 fully saturated rings. The zero-order valence-corrected chi connectivity index (χ0v) is 9.49. The molecule has 0 spiro atoms. The van der Waals surface area contributed by atoms with Crippen molar-refractivity contribution in [2.24, 2.45) is 0 Å². The summed E-state index contributed by atoms with van der Waals surface area (Å²) in [5.41, 5.74) is -1.14. The summed E-state index contributed by atoms with van der Waals surface area (Å²) in [5.74, 6) is -4.70. The quantitative estimate of drug-likeness (QED) is 0.747. The molecule has 0 unspecified atom stereocenters. The van der Waals surface area contributed by atoms with E-state index in [-0.39, 0.29) is 10.2 Å². The normalized spacial score (nSPS) is 12.7. The van der Waals surface area contributed by atoms with Crippen LogP contribution in [0.15, 0.2) is 22.7 Å². The Morgan fingerprint density at radius 3 is 2.06 bits per heavy atom. The fraction of sp³-hybridized carbons (Fsp3) is 0.333. The third-order valence-corrected chi connectivity index (χ3v) is 2.53. The minimum Gasteiger partial charge on any atom is -0.497 e. The molecule has 0 radical (unpaired) electrons. The zero-order valence-electron chi connectivity index (χ0n) is 7.91. The summed E-state index contributed by atoms with van der Waals surface area (Å²) in [4.78, 5) is 0. The van der Waals surface area contributed by atoms with E-state index in [0.717, 1.165) is 12.1 Å². The highest BCUT2D eigenvalue weighted by molar-refractivity contribution is 9.10.